The highest BCUT2D eigenvalue weighted by atomic mass is 19.4. The molecule has 3 N–H and O–H groups in total. The standard InChI is InChI=1S/C12H18F3N3O/c1-8(2)7-19-4-3-17-11-6-9(12(13,14)15)5-10(16)18-11/h5-6,8H,3-4,7H2,1-2H3,(H3,16,17,18). The summed E-state index contributed by atoms with van der Waals surface area (Å²) in [5, 5.41) is 2.76. The number of hydrogen-bond donors (Lipinski definition) is 2. The van der Waals surface area contributed by atoms with Crippen LogP contribution in [0, 0.1) is 5.92 Å². The topological polar surface area (TPSA) is 60.2 Å². The van der Waals surface area contributed by atoms with E-state index in [1.807, 2.05) is 13.8 Å². The van der Waals surface area contributed by atoms with Crippen LogP contribution >= 0.6 is 0 Å². The molecular formula is C12H18F3N3O. The zero-order valence-corrected chi connectivity index (χ0v) is 10.9. The van der Waals surface area contributed by atoms with E-state index in [-0.39, 0.29) is 11.6 Å². The van der Waals surface area contributed by atoms with E-state index in [0.717, 1.165) is 12.1 Å². The summed E-state index contributed by atoms with van der Waals surface area (Å²) in [6.45, 7) is 5.42. The van der Waals surface area contributed by atoms with Gasteiger partial charge < -0.3 is 15.8 Å². The summed E-state index contributed by atoms with van der Waals surface area (Å²) in [4.78, 5) is 3.79. The molecule has 7 heteroatoms. The fraction of sp³-hybridized carbons (Fsp3) is 0.583. The summed E-state index contributed by atoms with van der Waals surface area (Å²) < 4.78 is 42.9. The van der Waals surface area contributed by atoms with E-state index in [9.17, 15) is 13.2 Å². The quantitative estimate of drug-likeness (QED) is 0.785. The van der Waals surface area contributed by atoms with Crippen LogP contribution in [0.3, 0.4) is 0 Å². The van der Waals surface area contributed by atoms with Crippen molar-refractivity contribution in [1.82, 2.24) is 4.98 Å². The molecule has 0 unspecified atom stereocenters. The first-order valence-corrected chi connectivity index (χ1v) is 5.95. The SMILES string of the molecule is CC(C)COCCNc1cc(C(F)(F)F)cc(N)n1. The fourth-order valence-corrected chi connectivity index (χ4v) is 1.38. The number of alkyl halides is 3. The van der Waals surface area contributed by atoms with Crippen molar-refractivity contribution in [2.45, 2.75) is 20.0 Å². The molecule has 0 saturated carbocycles. The maximum absolute atomic E-state index is 12.5. The molecule has 0 spiro atoms. The van der Waals surface area contributed by atoms with Gasteiger partial charge in [-0.1, -0.05) is 13.8 Å². The number of halogens is 3. The monoisotopic (exact) mass is 277 g/mol. The minimum absolute atomic E-state index is 0.0977. The maximum atomic E-state index is 12.5. The van der Waals surface area contributed by atoms with Crippen LogP contribution in [-0.4, -0.2) is 24.7 Å². The van der Waals surface area contributed by atoms with Crippen molar-refractivity contribution in [2.75, 3.05) is 30.8 Å². The van der Waals surface area contributed by atoms with E-state index in [1.165, 1.54) is 0 Å². The number of nitrogens with two attached hydrogens (primary N) is 1. The maximum Gasteiger partial charge on any atom is 0.416 e. The Hall–Kier alpha value is -1.50. The lowest BCUT2D eigenvalue weighted by Gasteiger charge is -2.11. The molecule has 0 aliphatic carbocycles. The van der Waals surface area contributed by atoms with Crippen LogP contribution < -0.4 is 11.1 Å². The second-order valence-corrected chi connectivity index (χ2v) is 4.56. The molecule has 0 amide bonds. The molecule has 0 radical (unpaired) electrons. The molecule has 1 heterocycles. The molecule has 1 aromatic heterocycles. The molecule has 0 atom stereocenters. The first-order valence-electron chi connectivity index (χ1n) is 5.95. The van der Waals surface area contributed by atoms with E-state index in [0.29, 0.717) is 25.7 Å². The highest BCUT2D eigenvalue weighted by Crippen LogP contribution is 2.31. The average molecular weight is 277 g/mol. The third-order valence-electron chi connectivity index (χ3n) is 2.18. The predicted octanol–water partition coefficient (Wildman–Crippen LogP) is 2.77. The molecule has 108 valence electrons. The largest absolute Gasteiger partial charge is 0.416 e. The van der Waals surface area contributed by atoms with Crippen LogP contribution in [-0.2, 0) is 10.9 Å². The second-order valence-electron chi connectivity index (χ2n) is 4.56. The normalized spacial score (nSPS) is 11.9. The number of ether oxygens (including phenoxy) is 1. The van der Waals surface area contributed by atoms with Gasteiger partial charge in [0.25, 0.3) is 0 Å². The van der Waals surface area contributed by atoms with Gasteiger partial charge in [0.15, 0.2) is 0 Å². The molecule has 19 heavy (non-hydrogen) atoms. The molecule has 1 aromatic rings. The van der Waals surface area contributed by atoms with E-state index in [2.05, 4.69) is 10.3 Å². The van der Waals surface area contributed by atoms with E-state index < -0.39 is 11.7 Å². The summed E-state index contributed by atoms with van der Waals surface area (Å²) >= 11 is 0. The number of nitrogens with zero attached hydrogens (tertiary/aromatic N) is 1. The van der Waals surface area contributed by atoms with Crippen molar-refractivity contribution < 1.29 is 17.9 Å². The summed E-state index contributed by atoms with van der Waals surface area (Å²) in [6.07, 6.45) is -4.43. The predicted molar refractivity (Wildman–Crippen MR) is 67.8 cm³/mol. The van der Waals surface area contributed by atoms with Gasteiger partial charge >= 0.3 is 6.18 Å². The molecule has 0 aliphatic heterocycles. The minimum Gasteiger partial charge on any atom is -0.384 e. The first-order chi connectivity index (χ1) is 8.79. The van der Waals surface area contributed by atoms with Crippen molar-refractivity contribution in [3.63, 3.8) is 0 Å². The van der Waals surface area contributed by atoms with Gasteiger partial charge in [0.2, 0.25) is 0 Å². The summed E-state index contributed by atoms with van der Waals surface area (Å²) in [7, 11) is 0. The second kappa shape index (κ2) is 6.60. The van der Waals surface area contributed by atoms with Crippen molar-refractivity contribution in [3.05, 3.63) is 17.7 Å². The smallest absolute Gasteiger partial charge is 0.384 e. The third-order valence-corrected chi connectivity index (χ3v) is 2.18. The lowest BCUT2D eigenvalue weighted by molar-refractivity contribution is -0.137. The van der Waals surface area contributed by atoms with Crippen LogP contribution in [0.15, 0.2) is 12.1 Å². The van der Waals surface area contributed by atoms with Gasteiger partial charge in [-0.05, 0) is 18.1 Å². The fourth-order valence-electron chi connectivity index (χ4n) is 1.38. The summed E-state index contributed by atoms with van der Waals surface area (Å²) in [6, 6.07) is 1.74. The van der Waals surface area contributed by atoms with Crippen molar-refractivity contribution in [1.29, 1.82) is 0 Å². The van der Waals surface area contributed by atoms with E-state index in [1.54, 1.807) is 0 Å². The number of aromatic nitrogens is 1. The summed E-state index contributed by atoms with van der Waals surface area (Å²) in [5.74, 6) is 0.350. The zero-order valence-electron chi connectivity index (χ0n) is 10.9. The Balaban J connectivity index is 2.52. The Morgan fingerprint density at radius 3 is 2.63 bits per heavy atom. The van der Waals surface area contributed by atoms with Gasteiger partial charge in [0, 0.05) is 13.2 Å². The molecule has 0 aliphatic rings. The lowest BCUT2D eigenvalue weighted by Crippen LogP contribution is -2.14. The number of nitrogens with one attached hydrogen (secondary N) is 1. The molecule has 1 rings (SSSR count). The number of rotatable bonds is 6. The van der Waals surface area contributed by atoms with Crippen LogP contribution in [0.1, 0.15) is 19.4 Å². The van der Waals surface area contributed by atoms with Gasteiger partial charge in [-0.15, -0.1) is 0 Å². The van der Waals surface area contributed by atoms with Crippen molar-refractivity contribution in [3.8, 4) is 0 Å². The van der Waals surface area contributed by atoms with Crippen molar-refractivity contribution >= 4 is 11.6 Å². The van der Waals surface area contributed by atoms with E-state index in [4.69, 9.17) is 10.5 Å². The van der Waals surface area contributed by atoms with Gasteiger partial charge in [0.1, 0.15) is 11.6 Å². The number of nitrogen functional groups attached to an aromatic ring is 1. The zero-order chi connectivity index (χ0) is 14.5. The number of pyridine rings is 1. The van der Waals surface area contributed by atoms with Crippen LogP contribution in [0.4, 0.5) is 24.8 Å². The highest BCUT2D eigenvalue weighted by Gasteiger charge is 2.31. The summed E-state index contributed by atoms with van der Waals surface area (Å²) in [5.41, 5.74) is 4.53. The van der Waals surface area contributed by atoms with Crippen LogP contribution in [0.25, 0.3) is 0 Å². The van der Waals surface area contributed by atoms with Crippen LogP contribution in [0.5, 0.6) is 0 Å². The van der Waals surface area contributed by atoms with Gasteiger partial charge in [0.05, 0.1) is 12.2 Å². The Morgan fingerprint density at radius 1 is 1.37 bits per heavy atom. The Labute approximate surface area is 110 Å². The molecule has 4 nitrogen and oxygen atoms in total. The van der Waals surface area contributed by atoms with Gasteiger partial charge in [-0.3, -0.25) is 0 Å². The Morgan fingerprint density at radius 2 is 2.05 bits per heavy atom. The average Bonchev–Trinajstić information content (AvgIpc) is 2.26. The molecule has 0 saturated heterocycles. The van der Waals surface area contributed by atoms with Gasteiger partial charge in [-0.25, -0.2) is 4.98 Å². The molecule has 0 bridgehead atoms. The lowest BCUT2D eigenvalue weighted by atomic mass is 10.2. The van der Waals surface area contributed by atoms with Crippen LogP contribution in [0.2, 0.25) is 0 Å². The molecule has 0 aromatic carbocycles. The van der Waals surface area contributed by atoms with Crippen molar-refractivity contribution in [2.24, 2.45) is 5.92 Å². The van der Waals surface area contributed by atoms with E-state index >= 15 is 0 Å². The first kappa shape index (κ1) is 15.6. The Kier molecular flexibility index (Phi) is 5.41. The Bertz CT molecular complexity index is 408. The van der Waals surface area contributed by atoms with Gasteiger partial charge in [-0.2, -0.15) is 13.2 Å². The number of hydrogen-bond acceptors (Lipinski definition) is 4. The highest BCUT2D eigenvalue weighted by molar-refractivity contribution is 5.47. The minimum atomic E-state index is -4.43. The number of anilines is 2. The molecule has 0 fully saturated rings. The third kappa shape index (κ3) is 5.78. The molecular weight excluding hydrogens is 259 g/mol.